The van der Waals surface area contributed by atoms with Crippen LogP contribution in [0.1, 0.15) is 12.0 Å². The van der Waals surface area contributed by atoms with Gasteiger partial charge in [0.2, 0.25) is 10.0 Å². The lowest BCUT2D eigenvalue weighted by Crippen LogP contribution is -2.28. The van der Waals surface area contributed by atoms with Crippen molar-refractivity contribution in [1.29, 1.82) is 0 Å². The smallest absolute Gasteiger partial charge is 0.214 e. The van der Waals surface area contributed by atoms with E-state index in [0.29, 0.717) is 18.8 Å². The lowest BCUT2D eigenvalue weighted by atomic mass is 10.3. The first-order valence-electron chi connectivity index (χ1n) is 4.57. The van der Waals surface area contributed by atoms with Crippen molar-refractivity contribution < 1.29 is 12.8 Å². The van der Waals surface area contributed by atoms with Gasteiger partial charge in [-0.1, -0.05) is 0 Å². The summed E-state index contributed by atoms with van der Waals surface area (Å²) in [4.78, 5) is 0. The standard InChI is InChI=1S/C9H14ClNO3S/c1-11(7-9-3-5-14-8-9)15(12,13)6-2-4-10/h3,5,8H,2,4,6-7H2,1H3. The lowest BCUT2D eigenvalue weighted by Gasteiger charge is -2.15. The molecule has 86 valence electrons. The van der Waals surface area contributed by atoms with Crippen molar-refractivity contribution in [3.05, 3.63) is 24.2 Å². The van der Waals surface area contributed by atoms with Gasteiger partial charge in [0.05, 0.1) is 18.3 Å². The summed E-state index contributed by atoms with van der Waals surface area (Å²) in [6.45, 7) is 0.334. The van der Waals surface area contributed by atoms with Crippen molar-refractivity contribution in [2.45, 2.75) is 13.0 Å². The third-order valence-electron chi connectivity index (χ3n) is 2.00. The Balaban J connectivity index is 2.56. The van der Waals surface area contributed by atoms with Crippen molar-refractivity contribution in [1.82, 2.24) is 4.31 Å². The van der Waals surface area contributed by atoms with Gasteiger partial charge in [-0.05, 0) is 12.5 Å². The van der Waals surface area contributed by atoms with Gasteiger partial charge in [-0.2, -0.15) is 0 Å². The first-order chi connectivity index (χ1) is 7.06. The van der Waals surface area contributed by atoms with Crippen molar-refractivity contribution in [3.8, 4) is 0 Å². The Morgan fingerprint density at radius 1 is 1.53 bits per heavy atom. The first kappa shape index (κ1) is 12.5. The fourth-order valence-corrected chi connectivity index (χ4v) is 2.59. The highest BCUT2D eigenvalue weighted by Gasteiger charge is 2.17. The Morgan fingerprint density at radius 3 is 2.80 bits per heavy atom. The second-order valence-corrected chi connectivity index (χ2v) is 5.82. The van der Waals surface area contributed by atoms with E-state index in [1.165, 1.54) is 16.8 Å². The fourth-order valence-electron chi connectivity index (χ4n) is 1.13. The van der Waals surface area contributed by atoms with Crippen LogP contribution in [-0.4, -0.2) is 31.4 Å². The van der Waals surface area contributed by atoms with E-state index in [0.717, 1.165) is 5.56 Å². The molecule has 0 saturated carbocycles. The van der Waals surface area contributed by atoms with Gasteiger partial charge in [0.1, 0.15) is 0 Å². The van der Waals surface area contributed by atoms with E-state index in [9.17, 15) is 8.42 Å². The van der Waals surface area contributed by atoms with Crippen LogP contribution < -0.4 is 0 Å². The zero-order valence-electron chi connectivity index (χ0n) is 8.52. The Bertz CT molecular complexity index is 374. The molecule has 6 heteroatoms. The zero-order valence-corrected chi connectivity index (χ0v) is 10.1. The maximum atomic E-state index is 11.7. The third kappa shape index (κ3) is 3.85. The molecule has 0 radical (unpaired) electrons. The first-order valence-corrected chi connectivity index (χ1v) is 6.71. The van der Waals surface area contributed by atoms with Gasteiger partial charge in [0, 0.05) is 25.0 Å². The quantitative estimate of drug-likeness (QED) is 0.723. The topological polar surface area (TPSA) is 50.5 Å². The van der Waals surface area contributed by atoms with Gasteiger partial charge in [0.25, 0.3) is 0 Å². The molecule has 0 aliphatic heterocycles. The molecule has 0 fully saturated rings. The van der Waals surface area contributed by atoms with Crippen LogP contribution in [0, 0.1) is 0 Å². The van der Waals surface area contributed by atoms with Gasteiger partial charge < -0.3 is 4.42 Å². The average Bonchev–Trinajstić information content (AvgIpc) is 2.67. The summed E-state index contributed by atoms with van der Waals surface area (Å²) < 4.78 is 29.5. The van der Waals surface area contributed by atoms with Gasteiger partial charge in [-0.15, -0.1) is 11.6 Å². The molecule has 1 rings (SSSR count). The van der Waals surface area contributed by atoms with Crippen LogP contribution in [0.2, 0.25) is 0 Å². The Labute approximate surface area is 94.9 Å². The maximum absolute atomic E-state index is 11.7. The molecule has 0 amide bonds. The number of hydrogen-bond acceptors (Lipinski definition) is 3. The number of sulfonamides is 1. The van der Waals surface area contributed by atoms with Crippen molar-refractivity contribution >= 4 is 21.6 Å². The molecule has 1 aromatic rings. The summed E-state index contributed by atoms with van der Waals surface area (Å²) in [5.41, 5.74) is 0.840. The summed E-state index contributed by atoms with van der Waals surface area (Å²) in [7, 11) is -1.64. The third-order valence-corrected chi connectivity index (χ3v) is 4.15. The molecule has 0 spiro atoms. The van der Waals surface area contributed by atoms with Gasteiger partial charge in [-0.25, -0.2) is 12.7 Å². The van der Waals surface area contributed by atoms with Crippen LogP contribution >= 0.6 is 11.6 Å². The molecule has 1 aromatic heterocycles. The zero-order chi connectivity index (χ0) is 11.3. The summed E-state index contributed by atoms with van der Waals surface area (Å²) in [6.07, 6.45) is 3.53. The number of alkyl halides is 1. The minimum absolute atomic E-state index is 0.0881. The van der Waals surface area contributed by atoms with Crippen LogP contribution in [0.25, 0.3) is 0 Å². The second kappa shape index (κ2) is 5.53. The van der Waals surface area contributed by atoms with E-state index >= 15 is 0 Å². The number of nitrogens with zero attached hydrogens (tertiary/aromatic N) is 1. The summed E-state index contributed by atoms with van der Waals surface area (Å²) in [5, 5.41) is 0. The molecule has 0 aliphatic carbocycles. The van der Waals surface area contributed by atoms with Crippen LogP contribution in [0.5, 0.6) is 0 Å². The number of rotatable bonds is 6. The molecule has 1 heterocycles. The average molecular weight is 252 g/mol. The predicted octanol–water partition coefficient (Wildman–Crippen LogP) is 1.67. The molecule has 0 aromatic carbocycles. The molecule has 0 aliphatic rings. The van der Waals surface area contributed by atoms with Crippen molar-refractivity contribution in [2.75, 3.05) is 18.7 Å². The normalized spacial score (nSPS) is 12.2. The largest absolute Gasteiger partial charge is 0.472 e. The molecule has 0 bridgehead atoms. The fraction of sp³-hybridized carbons (Fsp3) is 0.556. The van der Waals surface area contributed by atoms with E-state index in [2.05, 4.69) is 0 Å². The lowest BCUT2D eigenvalue weighted by molar-refractivity contribution is 0.462. The predicted molar refractivity (Wildman–Crippen MR) is 59.3 cm³/mol. The van der Waals surface area contributed by atoms with E-state index in [1.54, 1.807) is 13.1 Å². The van der Waals surface area contributed by atoms with E-state index in [-0.39, 0.29) is 5.75 Å². The highest BCUT2D eigenvalue weighted by molar-refractivity contribution is 7.89. The number of hydrogen-bond donors (Lipinski definition) is 0. The van der Waals surface area contributed by atoms with Gasteiger partial charge in [-0.3, -0.25) is 0 Å². The SMILES string of the molecule is CN(Cc1ccoc1)S(=O)(=O)CCCCl. The second-order valence-electron chi connectivity index (χ2n) is 3.25. The summed E-state index contributed by atoms with van der Waals surface area (Å²) in [6, 6.07) is 1.74. The monoisotopic (exact) mass is 251 g/mol. The van der Waals surface area contributed by atoms with Crippen LogP contribution in [0.15, 0.2) is 23.0 Å². The molecule has 0 saturated heterocycles. The highest BCUT2D eigenvalue weighted by Crippen LogP contribution is 2.09. The van der Waals surface area contributed by atoms with Crippen molar-refractivity contribution in [3.63, 3.8) is 0 Å². The highest BCUT2D eigenvalue weighted by atomic mass is 35.5. The Kier molecular flexibility index (Phi) is 4.63. The van der Waals surface area contributed by atoms with Crippen LogP contribution in [-0.2, 0) is 16.6 Å². The summed E-state index contributed by atoms with van der Waals surface area (Å²) >= 11 is 5.46. The van der Waals surface area contributed by atoms with Gasteiger partial charge >= 0.3 is 0 Å². The minimum Gasteiger partial charge on any atom is -0.472 e. The molecule has 4 nitrogen and oxygen atoms in total. The van der Waals surface area contributed by atoms with E-state index < -0.39 is 10.0 Å². The molecular formula is C9H14ClNO3S. The van der Waals surface area contributed by atoms with E-state index in [4.69, 9.17) is 16.0 Å². The van der Waals surface area contributed by atoms with Crippen LogP contribution in [0.4, 0.5) is 0 Å². The van der Waals surface area contributed by atoms with Gasteiger partial charge in [0.15, 0.2) is 0 Å². The maximum Gasteiger partial charge on any atom is 0.214 e. The molecular weight excluding hydrogens is 238 g/mol. The summed E-state index contributed by atoms with van der Waals surface area (Å²) in [5.74, 6) is 0.448. The Hall–Kier alpha value is -0.520. The molecule has 0 N–H and O–H groups in total. The van der Waals surface area contributed by atoms with E-state index in [1.807, 2.05) is 0 Å². The minimum atomic E-state index is -3.19. The van der Waals surface area contributed by atoms with Crippen LogP contribution in [0.3, 0.4) is 0 Å². The molecule has 15 heavy (non-hydrogen) atoms. The molecule has 0 unspecified atom stereocenters. The number of halogens is 1. The number of furan rings is 1. The van der Waals surface area contributed by atoms with Crippen molar-refractivity contribution in [2.24, 2.45) is 0 Å². The molecule has 0 atom stereocenters. The Morgan fingerprint density at radius 2 is 2.27 bits per heavy atom.